The maximum atomic E-state index is 13.3. The molecule has 1 aromatic carbocycles. The number of alkyl halides is 3. The Bertz CT molecular complexity index is 1140. The molecule has 8 nitrogen and oxygen atoms in total. The Morgan fingerprint density at radius 2 is 1.97 bits per heavy atom. The van der Waals surface area contributed by atoms with Gasteiger partial charge in [0.15, 0.2) is 5.78 Å². The Kier molecular flexibility index (Phi) is 5.98. The van der Waals surface area contributed by atoms with Gasteiger partial charge in [0.1, 0.15) is 6.54 Å². The lowest BCUT2D eigenvalue weighted by atomic mass is 9.93. The van der Waals surface area contributed by atoms with Crippen LogP contribution < -0.4 is 0 Å². The van der Waals surface area contributed by atoms with Crippen molar-refractivity contribution in [2.24, 2.45) is 0 Å². The third kappa shape index (κ3) is 4.49. The van der Waals surface area contributed by atoms with Gasteiger partial charge in [0.2, 0.25) is 10.0 Å². The van der Waals surface area contributed by atoms with E-state index in [1.54, 1.807) is 0 Å². The van der Waals surface area contributed by atoms with Gasteiger partial charge in [-0.2, -0.15) is 22.6 Å². The molecule has 3 rings (SSSR count). The van der Waals surface area contributed by atoms with Crippen LogP contribution >= 0.6 is 0 Å². The summed E-state index contributed by atoms with van der Waals surface area (Å²) in [7, 11) is -3.16. The number of ketones is 1. The minimum Gasteiger partial charge on any atom is -0.480 e. The average molecular weight is 459 g/mol. The van der Waals surface area contributed by atoms with Crippen LogP contribution in [0.25, 0.3) is 0 Å². The van der Waals surface area contributed by atoms with Crippen LogP contribution in [0.1, 0.15) is 53.0 Å². The van der Waals surface area contributed by atoms with Gasteiger partial charge >= 0.3 is 12.1 Å². The molecular weight excluding hydrogens is 439 g/mol. The summed E-state index contributed by atoms with van der Waals surface area (Å²) in [6.07, 6.45) is -2.00. The zero-order valence-corrected chi connectivity index (χ0v) is 17.5. The summed E-state index contributed by atoms with van der Waals surface area (Å²) < 4.78 is 68.5. The number of carbonyl (C=O) groups excluding carboxylic acids is 1. The predicted octanol–water partition coefficient (Wildman–Crippen LogP) is 2.89. The van der Waals surface area contributed by atoms with Crippen molar-refractivity contribution in [1.29, 1.82) is 0 Å². The number of rotatable bonds is 6. The normalized spacial score (nSPS) is 16.9. The van der Waals surface area contributed by atoms with E-state index in [1.807, 2.05) is 0 Å². The van der Waals surface area contributed by atoms with Crippen molar-refractivity contribution in [3.63, 3.8) is 0 Å². The van der Waals surface area contributed by atoms with E-state index in [1.165, 1.54) is 17.9 Å². The summed E-state index contributed by atoms with van der Waals surface area (Å²) >= 11 is 0. The summed E-state index contributed by atoms with van der Waals surface area (Å²) in [4.78, 5) is 22.1. The molecule has 0 saturated heterocycles. The van der Waals surface area contributed by atoms with Crippen LogP contribution in [0, 0.1) is 0 Å². The lowest BCUT2D eigenvalue weighted by Crippen LogP contribution is -2.33. The van der Waals surface area contributed by atoms with Crippen LogP contribution in [0.3, 0.4) is 0 Å². The standard InChI is InChI=1S/C19H20F3N3O5S/c1-11(26)12-6-13(19(20,21)22)8-14(7-12)31(29,30)24(2)16-4-3-5-17-15(16)9-23-25(17)10-18(27)28/h6-9,16H,3-5,10H2,1-2H3,(H,27,28)/t16-/m1/s1. The second-order valence-electron chi connectivity index (χ2n) is 7.33. The molecule has 1 aromatic heterocycles. The van der Waals surface area contributed by atoms with E-state index in [0.717, 1.165) is 17.3 Å². The zero-order chi connectivity index (χ0) is 23.1. The first kappa shape index (κ1) is 22.9. The molecule has 1 heterocycles. The Morgan fingerprint density at radius 3 is 2.55 bits per heavy atom. The molecule has 1 aliphatic carbocycles. The summed E-state index contributed by atoms with van der Waals surface area (Å²) in [6, 6.07) is 1.33. The molecule has 0 unspecified atom stereocenters. The fourth-order valence-electron chi connectivity index (χ4n) is 3.69. The molecule has 31 heavy (non-hydrogen) atoms. The van der Waals surface area contributed by atoms with E-state index in [2.05, 4.69) is 5.10 Å². The summed E-state index contributed by atoms with van der Waals surface area (Å²) in [6.45, 7) is 0.675. The predicted molar refractivity (Wildman–Crippen MR) is 102 cm³/mol. The molecule has 0 saturated carbocycles. The van der Waals surface area contributed by atoms with E-state index in [-0.39, 0.29) is 12.1 Å². The van der Waals surface area contributed by atoms with Gasteiger partial charge in [0.05, 0.1) is 22.7 Å². The SMILES string of the molecule is CC(=O)c1cc(C(F)(F)F)cc(S(=O)(=O)N(C)[C@@H]2CCCc3c2cnn3CC(=O)O)c1. The van der Waals surface area contributed by atoms with Gasteiger partial charge in [-0.15, -0.1) is 0 Å². The average Bonchev–Trinajstić information content (AvgIpc) is 3.08. The minimum absolute atomic E-state index is 0.361. The molecule has 0 amide bonds. The van der Waals surface area contributed by atoms with Crippen molar-refractivity contribution in [2.45, 2.75) is 49.8 Å². The smallest absolute Gasteiger partial charge is 0.416 e. The molecule has 0 aliphatic heterocycles. The van der Waals surface area contributed by atoms with Crippen LogP contribution in [0.2, 0.25) is 0 Å². The van der Waals surface area contributed by atoms with E-state index >= 15 is 0 Å². The van der Waals surface area contributed by atoms with Crippen molar-refractivity contribution in [3.8, 4) is 0 Å². The Hall–Kier alpha value is -2.73. The quantitative estimate of drug-likeness (QED) is 0.666. The first-order chi connectivity index (χ1) is 14.3. The van der Waals surface area contributed by atoms with Crippen molar-refractivity contribution >= 4 is 21.8 Å². The lowest BCUT2D eigenvalue weighted by Gasteiger charge is -2.31. The van der Waals surface area contributed by atoms with Crippen molar-refractivity contribution in [2.75, 3.05) is 7.05 Å². The van der Waals surface area contributed by atoms with Crippen molar-refractivity contribution in [3.05, 3.63) is 46.8 Å². The van der Waals surface area contributed by atoms with Gasteiger partial charge in [0, 0.05) is 23.9 Å². The van der Waals surface area contributed by atoms with Gasteiger partial charge in [-0.1, -0.05) is 0 Å². The molecule has 1 aliphatic rings. The number of Topliss-reactive ketones (excluding diaryl/α,β-unsaturated/α-hetero) is 1. The third-order valence-corrected chi connectivity index (χ3v) is 7.12. The van der Waals surface area contributed by atoms with Crippen molar-refractivity contribution in [1.82, 2.24) is 14.1 Å². The monoisotopic (exact) mass is 459 g/mol. The summed E-state index contributed by atoms with van der Waals surface area (Å²) in [5, 5.41) is 13.0. The fourth-order valence-corrected chi connectivity index (χ4v) is 5.12. The Morgan fingerprint density at radius 1 is 1.29 bits per heavy atom. The lowest BCUT2D eigenvalue weighted by molar-refractivity contribution is -0.138. The van der Waals surface area contributed by atoms with E-state index in [0.29, 0.717) is 42.7 Å². The van der Waals surface area contributed by atoms with E-state index in [9.17, 15) is 31.2 Å². The second kappa shape index (κ2) is 8.08. The highest BCUT2D eigenvalue weighted by Crippen LogP contribution is 2.38. The van der Waals surface area contributed by atoms with E-state index in [4.69, 9.17) is 5.11 Å². The number of fused-ring (bicyclic) bond motifs is 1. The Labute approximate surface area is 176 Å². The zero-order valence-electron chi connectivity index (χ0n) is 16.7. The number of halogens is 3. The minimum atomic E-state index is -4.83. The molecule has 0 radical (unpaired) electrons. The molecule has 12 heteroatoms. The number of carboxylic acid groups (broad SMARTS) is 1. The molecule has 2 aromatic rings. The number of benzene rings is 1. The van der Waals surface area contributed by atoms with Crippen molar-refractivity contribution < 1.29 is 36.3 Å². The maximum absolute atomic E-state index is 13.3. The summed E-state index contributed by atoms with van der Waals surface area (Å²) in [5.74, 6) is -1.80. The number of carbonyl (C=O) groups is 2. The number of hydrogen-bond donors (Lipinski definition) is 1. The first-order valence-corrected chi connectivity index (χ1v) is 10.7. The first-order valence-electron chi connectivity index (χ1n) is 9.30. The van der Waals surface area contributed by atoms with Crippen LogP contribution in [0.15, 0.2) is 29.3 Å². The number of hydrogen-bond acceptors (Lipinski definition) is 5. The third-order valence-electron chi connectivity index (χ3n) is 5.27. The van der Waals surface area contributed by atoms with Crippen LogP contribution in [0.4, 0.5) is 13.2 Å². The largest absolute Gasteiger partial charge is 0.480 e. The molecule has 1 atom stereocenters. The van der Waals surface area contributed by atoms with Gasteiger partial charge in [0.25, 0.3) is 0 Å². The van der Waals surface area contributed by atoms with Crippen LogP contribution in [-0.4, -0.2) is 46.4 Å². The number of nitrogens with zero attached hydrogens (tertiary/aromatic N) is 3. The van der Waals surface area contributed by atoms with Gasteiger partial charge < -0.3 is 5.11 Å². The van der Waals surface area contributed by atoms with Crippen LogP contribution in [0.5, 0.6) is 0 Å². The molecule has 1 N–H and O–H groups in total. The highest BCUT2D eigenvalue weighted by Gasteiger charge is 2.37. The highest BCUT2D eigenvalue weighted by atomic mass is 32.2. The van der Waals surface area contributed by atoms with Gasteiger partial charge in [-0.3, -0.25) is 14.3 Å². The van der Waals surface area contributed by atoms with Gasteiger partial charge in [-0.25, -0.2) is 8.42 Å². The number of aromatic nitrogens is 2. The summed E-state index contributed by atoms with van der Waals surface area (Å²) in [5.41, 5.74) is -0.502. The molecule has 0 spiro atoms. The van der Waals surface area contributed by atoms with E-state index < -0.39 is 44.5 Å². The fraction of sp³-hybridized carbons (Fsp3) is 0.421. The number of aliphatic carboxylic acids is 1. The number of carboxylic acids is 1. The van der Waals surface area contributed by atoms with Gasteiger partial charge in [-0.05, 0) is 44.4 Å². The second-order valence-corrected chi connectivity index (χ2v) is 9.32. The Balaban J connectivity index is 2.04. The number of sulfonamides is 1. The molecular formula is C19H20F3N3O5S. The van der Waals surface area contributed by atoms with Crippen LogP contribution in [-0.2, 0) is 34.0 Å². The highest BCUT2D eigenvalue weighted by molar-refractivity contribution is 7.89. The maximum Gasteiger partial charge on any atom is 0.416 e. The molecule has 0 bridgehead atoms. The topological polar surface area (TPSA) is 110 Å². The molecule has 168 valence electrons. The molecule has 0 fully saturated rings.